The molecule has 1 aromatic carbocycles. The van der Waals surface area contributed by atoms with Crippen molar-refractivity contribution in [2.24, 2.45) is 0 Å². The monoisotopic (exact) mass is 275 g/mol. The molecule has 0 aromatic heterocycles. The van der Waals surface area contributed by atoms with Gasteiger partial charge in [0.15, 0.2) is 5.60 Å². The fraction of sp³-hybridized carbons (Fsp3) is 0.357. The molecule has 6 nitrogen and oxygen atoms in total. The molecular formula is C14H13NO5. The number of hydrogen-bond acceptors (Lipinski definition) is 5. The molecule has 0 radical (unpaired) electrons. The van der Waals surface area contributed by atoms with Crippen LogP contribution in [0.1, 0.15) is 40.0 Å². The van der Waals surface area contributed by atoms with Gasteiger partial charge in [0.25, 0.3) is 11.8 Å². The van der Waals surface area contributed by atoms with Gasteiger partial charge in [0.05, 0.1) is 11.1 Å². The number of fused-ring (bicyclic) bond motifs is 1. The van der Waals surface area contributed by atoms with Gasteiger partial charge in [0.1, 0.15) is 0 Å². The van der Waals surface area contributed by atoms with Gasteiger partial charge in [-0.25, -0.2) is 4.79 Å². The number of ether oxygens (including phenoxy) is 1. The van der Waals surface area contributed by atoms with Gasteiger partial charge in [-0.1, -0.05) is 17.2 Å². The lowest BCUT2D eigenvalue weighted by atomic mass is 9.80. The predicted octanol–water partition coefficient (Wildman–Crippen LogP) is 1.31. The molecule has 0 atom stereocenters. The minimum atomic E-state index is -1.02. The minimum absolute atomic E-state index is 0.241. The summed E-state index contributed by atoms with van der Waals surface area (Å²) < 4.78 is 5.17. The average molecular weight is 275 g/mol. The molecule has 0 bridgehead atoms. The summed E-state index contributed by atoms with van der Waals surface area (Å²) in [5, 5.41) is 0.520. The van der Waals surface area contributed by atoms with Gasteiger partial charge in [-0.3, -0.25) is 9.59 Å². The number of imide groups is 1. The SMILES string of the molecule is COC1(C(=O)ON2C(=O)c3ccccc3C2=O)CCC1. The number of methoxy groups -OCH3 is 1. The van der Waals surface area contributed by atoms with Crippen molar-refractivity contribution in [2.45, 2.75) is 24.9 Å². The first-order chi connectivity index (χ1) is 9.59. The minimum Gasteiger partial charge on any atom is -0.366 e. The van der Waals surface area contributed by atoms with Crippen molar-refractivity contribution in [1.29, 1.82) is 0 Å². The Bertz CT molecular complexity index is 565. The van der Waals surface area contributed by atoms with Crippen LogP contribution in [0.4, 0.5) is 0 Å². The van der Waals surface area contributed by atoms with Crippen molar-refractivity contribution in [3.63, 3.8) is 0 Å². The topological polar surface area (TPSA) is 72.9 Å². The summed E-state index contributed by atoms with van der Waals surface area (Å²) >= 11 is 0. The van der Waals surface area contributed by atoms with Crippen LogP contribution < -0.4 is 0 Å². The van der Waals surface area contributed by atoms with Crippen LogP contribution in [0, 0.1) is 0 Å². The zero-order chi connectivity index (χ0) is 14.3. The molecule has 1 fully saturated rings. The highest BCUT2D eigenvalue weighted by atomic mass is 16.7. The molecule has 104 valence electrons. The predicted molar refractivity (Wildman–Crippen MR) is 66.6 cm³/mol. The number of carbonyl (C=O) groups is 3. The molecule has 6 heteroatoms. The zero-order valence-electron chi connectivity index (χ0n) is 10.9. The zero-order valence-corrected chi connectivity index (χ0v) is 10.9. The first-order valence-corrected chi connectivity index (χ1v) is 6.34. The van der Waals surface area contributed by atoms with Crippen LogP contribution in [0.5, 0.6) is 0 Å². The maximum Gasteiger partial charge on any atom is 0.364 e. The normalized spacial score (nSPS) is 19.6. The van der Waals surface area contributed by atoms with Crippen molar-refractivity contribution >= 4 is 17.8 Å². The second-order valence-electron chi connectivity index (χ2n) is 4.88. The third-order valence-electron chi connectivity index (χ3n) is 3.85. The Balaban J connectivity index is 1.82. The Labute approximate surface area is 115 Å². The summed E-state index contributed by atoms with van der Waals surface area (Å²) in [6.45, 7) is 0. The molecule has 0 N–H and O–H groups in total. The number of rotatable bonds is 3. The largest absolute Gasteiger partial charge is 0.366 e. The van der Waals surface area contributed by atoms with Crippen LogP contribution in [0.15, 0.2) is 24.3 Å². The van der Waals surface area contributed by atoms with Crippen LogP contribution in [0.25, 0.3) is 0 Å². The Kier molecular flexibility index (Phi) is 2.83. The van der Waals surface area contributed by atoms with Crippen LogP contribution in [0.3, 0.4) is 0 Å². The first kappa shape index (κ1) is 12.8. The van der Waals surface area contributed by atoms with E-state index in [2.05, 4.69) is 0 Å². The number of hydrogen-bond donors (Lipinski definition) is 0. The van der Waals surface area contributed by atoms with E-state index in [1.165, 1.54) is 19.2 Å². The van der Waals surface area contributed by atoms with Crippen molar-refractivity contribution in [3.05, 3.63) is 35.4 Å². The lowest BCUT2D eigenvalue weighted by molar-refractivity contribution is -0.203. The van der Waals surface area contributed by atoms with Crippen molar-refractivity contribution in [1.82, 2.24) is 5.06 Å². The van der Waals surface area contributed by atoms with E-state index in [-0.39, 0.29) is 11.1 Å². The molecule has 0 saturated heterocycles. The average Bonchev–Trinajstić information content (AvgIpc) is 2.64. The molecule has 3 rings (SSSR count). The van der Waals surface area contributed by atoms with Crippen LogP contribution in [-0.4, -0.2) is 35.6 Å². The van der Waals surface area contributed by atoms with Crippen molar-refractivity contribution in [2.75, 3.05) is 7.11 Å². The van der Waals surface area contributed by atoms with Crippen LogP contribution >= 0.6 is 0 Å². The highest BCUT2D eigenvalue weighted by Crippen LogP contribution is 2.37. The van der Waals surface area contributed by atoms with Gasteiger partial charge in [0, 0.05) is 7.11 Å². The molecule has 0 spiro atoms. The summed E-state index contributed by atoms with van der Waals surface area (Å²) in [5.41, 5.74) is -0.536. The molecular weight excluding hydrogens is 262 g/mol. The highest BCUT2D eigenvalue weighted by molar-refractivity contribution is 6.21. The summed E-state index contributed by atoms with van der Waals surface area (Å²) in [7, 11) is 1.42. The molecule has 1 heterocycles. The van der Waals surface area contributed by atoms with E-state index in [0.717, 1.165) is 6.42 Å². The van der Waals surface area contributed by atoms with Gasteiger partial charge in [0.2, 0.25) is 0 Å². The molecule has 1 saturated carbocycles. The number of amides is 2. The molecule has 1 aliphatic carbocycles. The van der Waals surface area contributed by atoms with Gasteiger partial charge < -0.3 is 9.57 Å². The first-order valence-electron chi connectivity index (χ1n) is 6.34. The number of nitrogens with zero attached hydrogens (tertiary/aromatic N) is 1. The Hall–Kier alpha value is -2.21. The second kappa shape index (κ2) is 4.42. The van der Waals surface area contributed by atoms with E-state index in [1.54, 1.807) is 12.1 Å². The van der Waals surface area contributed by atoms with Crippen molar-refractivity contribution < 1.29 is 24.0 Å². The Morgan fingerprint density at radius 3 is 2.10 bits per heavy atom. The Morgan fingerprint density at radius 2 is 1.70 bits per heavy atom. The van der Waals surface area contributed by atoms with E-state index in [4.69, 9.17) is 9.57 Å². The number of hydroxylamine groups is 2. The van der Waals surface area contributed by atoms with Gasteiger partial charge in [-0.05, 0) is 31.4 Å². The molecule has 2 aliphatic rings. The van der Waals surface area contributed by atoms with Gasteiger partial charge >= 0.3 is 5.97 Å². The number of benzene rings is 1. The lowest BCUT2D eigenvalue weighted by Crippen LogP contribution is -2.51. The van der Waals surface area contributed by atoms with E-state index in [0.29, 0.717) is 17.9 Å². The van der Waals surface area contributed by atoms with Crippen LogP contribution in [0.2, 0.25) is 0 Å². The van der Waals surface area contributed by atoms with E-state index in [1.807, 2.05) is 0 Å². The van der Waals surface area contributed by atoms with E-state index < -0.39 is 23.4 Å². The van der Waals surface area contributed by atoms with Crippen LogP contribution in [-0.2, 0) is 14.4 Å². The third kappa shape index (κ3) is 1.65. The van der Waals surface area contributed by atoms with Gasteiger partial charge in [-0.2, -0.15) is 0 Å². The maximum absolute atomic E-state index is 12.1. The molecule has 0 unspecified atom stereocenters. The summed E-state index contributed by atoms with van der Waals surface area (Å²) in [5.74, 6) is -1.94. The molecule has 20 heavy (non-hydrogen) atoms. The van der Waals surface area contributed by atoms with E-state index in [9.17, 15) is 14.4 Å². The Morgan fingerprint density at radius 1 is 1.15 bits per heavy atom. The van der Waals surface area contributed by atoms with Gasteiger partial charge in [-0.15, -0.1) is 0 Å². The fourth-order valence-corrected chi connectivity index (χ4v) is 2.41. The molecule has 2 amide bonds. The quantitative estimate of drug-likeness (QED) is 0.778. The number of carbonyl (C=O) groups excluding carboxylic acids is 3. The summed E-state index contributed by atoms with van der Waals surface area (Å²) in [6, 6.07) is 6.35. The van der Waals surface area contributed by atoms with Crippen molar-refractivity contribution in [3.8, 4) is 0 Å². The smallest absolute Gasteiger partial charge is 0.364 e. The highest BCUT2D eigenvalue weighted by Gasteiger charge is 2.49. The van der Waals surface area contributed by atoms with E-state index >= 15 is 0 Å². The summed E-state index contributed by atoms with van der Waals surface area (Å²) in [4.78, 5) is 41.2. The lowest BCUT2D eigenvalue weighted by Gasteiger charge is -2.37. The molecule has 1 aliphatic heterocycles. The summed E-state index contributed by atoms with van der Waals surface area (Å²) in [6.07, 6.45) is 1.92. The maximum atomic E-state index is 12.1. The third-order valence-corrected chi connectivity index (χ3v) is 3.85. The second-order valence-corrected chi connectivity index (χ2v) is 4.88. The standard InChI is InChI=1S/C14H13NO5/c1-19-14(7-4-8-14)13(18)20-15-11(16)9-5-2-3-6-10(9)12(15)17/h2-3,5-6H,4,7-8H2,1H3. The fourth-order valence-electron chi connectivity index (χ4n) is 2.41. The molecule has 1 aromatic rings.